The van der Waals surface area contributed by atoms with E-state index in [1.807, 2.05) is 11.9 Å². The first kappa shape index (κ1) is 12.2. The number of hydrogen-bond acceptors (Lipinski definition) is 4. The van der Waals surface area contributed by atoms with Gasteiger partial charge in [0.1, 0.15) is 5.69 Å². The Balaban J connectivity index is 3.09. The van der Waals surface area contributed by atoms with Gasteiger partial charge in [-0.2, -0.15) is 0 Å². The van der Waals surface area contributed by atoms with Crippen LogP contribution in [-0.2, 0) is 6.42 Å². The highest BCUT2D eigenvalue weighted by molar-refractivity contribution is 5.31. The zero-order valence-corrected chi connectivity index (χ0v) is 8.91. The zero-order valence-electron chi connectivity index (χ0n) is 8.91. The molecule has 0 aliphatic heterocycles. The molecule has 0 aliphatic carbocycles. The minimum absolute atomic E-state index is 0.104. The fraction of sp³-hybridized carbons (Fsp3) is 0.556. The standard InChI is InChI=1S/C9H13N3O4/c1-2-3-4-5-6-7(12(15)16)8(13)11-9(14)10-6/h2-5H2,1H3,(H2,10,11,13,14). The smallest absolute Gasteiger partial charge is 0.305 e. The maximum atomic E-state index is 11.2. The number of rotatable bonds is 5. The lowest BCUT2D eigenvalue weighted by atomic mass is 10.1. The number of aromatic nitrogens is 2. The van der Waals surface area contributed by atoms with Crippen molar-refractivity contribution in [2.24, 2.45) is 0 Å². The molecule has 0 spiro atoms. The summed E-state index contributed by atoms with van der Waals surface area (Å²) in [4.78, 5) is 36.2. The van der Waals surface area contributed by atoms with Crippen LogP contribution in [0.4, 0.5) is 5.69 Å². The van der Waals surface area contributed by atoms with E-state index in [1.165, 1.54) is 0 Å². The molecule has 0 saturated carbocycles. The molecule has 1 aromatic rings. The molecule has 0 saturated heterocycles. The van der Waals surface area contributed by atoms with Crippen molar-refractivity contribution in [2.45, 2.75) is 32.6 Å². The van der Waals surface area contributed by atoms with Crippen molar-refractivity contribution in [2.75, 3.05) is 0 Å². The lowest BCUT2D eigenvalue weighted by Crippen LogP contribution is -2.26. The summed E-state index contributed by atoms with van der Waals surface area (Å²) < 4.78 is 0. The number of nitrogens with one attached hydrogen (secondary N) is 2. The topological polar surface area (TPSA) is 109 Å². The fourth-order valence-electron chi connectivity index (χ4n) is 1.45. The number of aromatic amines is 2. The second-order valence-electron chi connectivity index (χ2n) is 3.45. The molecular formula is C9H13N3O4. The number of H-pyrrole nitrogens is 2. The van der Waals surface area contributed by atoms with Crippen LogP contribution in [0.3, 0.4) is 0 Å². The van der Waals surface area contributed by atoms with Gasteiger partial charge in [0.25, 0.3) is 0 Å². The van der Waals surface area contributed by atoms with Crippen molar-refractivity contribution < 1.29 is 4.92 Å². The molecule has 7 nitrogen and oxygen atoms in total. The van der Waals surface area contributed by atoms with Crippen LogP contribution in [0.1, 0.15) is 31.9 Å². The van der Waals surface area contributed by atoms with Gasteiger partial charge in [0.2, 0.25) is 0 Å². The summed E-state index contributed by atoms with van der Waals surface area (Å²) in [7, 11) is 0. The number of unbranched alkanes of at least 4 members (excludes halogenated alkanes) is 2. The number of nitro groups is 1. The van der Waals surface area contributed by atoms with E-state index in [-0.39, 0.29) is 5.69 Å². The summed E-state index contributed by atoms with van der Waals surface area (Å²) in [5, 5.41) is 10.7. The summed E-state index contributed by atoms with van der Waals surface area (Å²) in [5.74, 6) is 0. The normalized spacial score (nSPS) is 10.3. The maximum Gasteiger partial charge on any atom is 0.353 e. The van der Waals surface area contributed by atoms with E-state index in [0.717, 1.165) is 12.8 Å². The molecule has 0 radical (unpaired) electrons. The predicted molar refractivity (Wildman–Crippen MR) is 57.6 cm³/mol. The van der Waals surface area contributed by atoms with Gasteiger partial charge in [-0.05, 0) is 12.8 Å². The first-order chi connectivity index (χ1) is 7.56. The monoisotopic (exact) mass is 227 g/mol. The van der Waals surface area contributed by atoms with Gasteiger partial charge in [-0.25, -0.2) is 4.79 Å². The Morgan fingerprint density at radius 1 is 1.25 bits per heavy atom. The zero-order chi connectivity index (χ0) is 12.1. The Kier molecular flexibility index (Phi) is 3.98. The van der Waals surface area contributed by atoms with E-state index in [2.05, 4.69) is 4.98 Å². The van der Waals surface area contributed by atoms with Crippen LogP contribution < -0.4 is 11.2 Å². The molecule has 7 heteroatoms. The molecular weight excluding hydrogens is 214 g/mol. The van der Waals surface area contributed by atoms with Crippen LogP contribution >= 0.6 is 0 Å². The summed E-state index contributed by atoms with van der Waals surface area (Å²) >= 11 is 0. The molecule has 0 atom stereocenters. The van der Waals surface area contributed by atoms with Gasteiger partial charge in [-0.15, -0.1) is 0 Å². The van der Waals surface area contributed by atoms with Crippen LogP contribution in [0.25, 0.3) is 0 Å². The van der Waals surface area contributed by atoms with Gasteiger partial charge < -0.3 is 4.98 Å². The van der Waals surface area contributed by atoms with Crippen LogP contribution in [0, 0.1) is 10.1 Å². The number of nitrogens with zero attached hydrogens (tertiary/aromatic N) is 1. The van der Waals surface area contributed by atoms with Crippen LogP contribution in [0.5, 0.6) is 0 Å². The highest BCUT2D eigenvalue weighted by Gasteiger charge is 2.19. The second-order valence-corrected chi connectivity index (χ2v) is 3.45. The van der Waals surface area contributed by atoms with E-state index in [4.69, 9.17) is 0 Å². The van der Waals surface area contributed by atoms with E-state index >= 15 is 0 Å². The highest BCUT2D eigenvalue weighted by Crippen LogP contribution is 2.11. The minimum Gasteiger partial charge on any atom is -0.305 e. The van der Waals surface area contributed by atoms with Gasteiger partial charge in [0.05, 0.1) is 4.92 Å². The van der Waals surface area contributed by atoms with Gasteiger partial charge >= 0.3 is 16.9 Å². The Morgan fingerprint density at radius 2 is 1.94 bits per heavy atom. The highest BCUT2D eigenvalue weighted by atomic mass is 16.6. The lowest BCUT2D eigenvalue weighted by molar-refractivity contribution is -0.387. The molecule has 0 fully saturated rings. The first-order valence-electron chi connectivity index (χ1n) is 5.06. The molecule has 1 rings (SSSR count). The number of aryl methyl sites for hydroxylation is 1. The Morgan fingerprint density at radius 3 is 2.50 bits per heavy atom. The molecule has 1 aromatic heterocycles. The summed E-state index contributed by atoms with van der Waals surface area (Å²) in [6, 6.07) is 0. The summed E-state index contributed by atoms with van der Waals surface area (Å²) in [6.07, 6.45) is 2.90. The molecule has 0 bridgehead atoms. The van der Waals surface area contributed by atoms with Crippen LogP contribution in [0.15, 0.2) is 9.59 Å². The molecule has 2 N–H and O–H groups in total. The van der Waals surface area contributed by atoms with Crippen molar-refractivity contribution in [1.82, 2.24) is 9.97 Å². The molecule has 0 unspecified atom stereocenters. The van der Waals surface area contributed by atoms with Crippen molar-refractivity contribution in [3.63, 3.8) is 0 Å². The average Bonchev–Trinajstić information content (AvgIpc) is 2.16. The minimum atomic E-state index is -0.944. The van der Waals surface area contributed by atoms with Crippen LogP contribution in [0.2, 0.25) is 0 Å². The van der Waals surface area contributed by atoms with Crippen molar-refractivity contribution in [3.05, 3.63) is 36.6 Å². The predicted octanol–water partition coefficient (Wildman–Crippen LogP) is 0.704. The lowest BCUT2D eigenvalue weighted by Gasteiger charge is -2.00. The maximum absolute atomic E-state index is 11.2. The van der Waals surface area contributed by atoms with Gasteiger partial charge in [-0.3, -0.25) is 19.9 Å². The second kappa shape index (κ2) is 5.24. The number of hydrogen-bond donors (Lipinski definition) is 2. The largest absolute Gasteiger partial charge is 0.353 e. The van der Waals surface area contributed by atoms with Gasteiger partial charge in [0, 0.05) is 0 Å². The molecule has 0 aliphatic rings. The van der Waals surface area contributed by atoms with E-state index in [9.17, 15) is 19.7 Å². The molecule has 0 amide bonds. The van der Waals surface area contributed by atoms with Gasteiger partial charge in [0.15, 0.2) is 0 Å². The van der Waals surface area contributed by atoms with Crippen molar-refractivity contribution in [1.29, 1.82) is 0 Å². The Hall–Kier alpha value is -1.92. The van der Waals surface area contributed by atoms with Gasteiger partial charge in [-0.1, -0.05) is 19.8 Å². The molecule has 0 aromatic carbocycles. The van der Waals surface area contributed by atoms with Crippen molar-refractivity contribution >= 4 is 5.69 Å². The average molecular weight is 227 g/mol. The molecule has 16 heavy (non-hydrogen) atoms. The Bertz CT molecular complexity index is 488. The van der Waals surface area contributed by atoms with Crippen molar-refractivity contribution in [3.8, 4) is 0 Å². The van der Waals surface area contributed by atoms with E-state index < -0.39 is 21.9 Å². The summed E-state index contributed by atoms with van der Waals surface area (Å²) in [5.41, 5.74) is -2.11. The van der Waals surface area contributed by atoms with E-state index in [1.54, 1.807) is 0 Å². The first-order valence-corrected chi connectivity index (χ1v) is 5.06. The molecule has 88 valence electrons. The van der Waals surface area contributed by atoms with Crippen LogP contribution in [-0.4, -0.2) is 14.9 Å². The van der Waals surface area contributed by atoms with E-state index in [0.29, 0.717) is 12.8 Å². The third-order valence-electron chi connectivity index (χ3n) is 2.21. The fourth-order valence-corrected chi connectivity index (χ4v) is 1.45. The third kappa shape index (κ3) is 2.78. The SMILES string of the molecule is CCCCCc1[nH]c(=O)[nH]c(=O)c1[N+](=O)[O-]. The quantitative estimate of drug-likeness (QED) is 0.438. The summed E-state index contributed by atoms with van der Waals surface area (Å²) in [6.45, 7) is 1.99. The Labute approximate surface area is 90.7 Å². The third-order valence-corrected chi connectivity index (χ3v) is 2.21. The molecule has 1 heterocycles.